The Morgan fingerprint density at radius 3 is 2.73 bits per heavy atom. The fourth-order valence-corrected chi connectivity index (χ4v) is 2.39. The van der Waals surface area contributed by atoms with Gasteiger partial charge in [-0.25, -0.2) is 0 Å². The van der Waals surface area contributed by atoms with Crippen LogP contribution in [0.15, 0.2) is 0 Å². The van der Waals surface area contributed by atoms with Crippen LogP contribution in [0.2, 0.25) is 0 Å². The van der Waals surface area contributed by atoms with Crippen LogP contribution >= 0.6 is 0 Å². The van der Waals surface area contributed by atoms with Crippen molar-refractivity contribution in [1.82, 2.24) is 10.6 Å². The van der Waals surface area contributed by atoms with E-state index in [1.807, 2.05) is 0 Å². The molecule has 1 heterocycles. The lowest BCUT2D eigenvalue weighted by Crippen LogP contribution is -2.45. The number of piperidine rings is 1. The zero-order chi connectivity index (χ0) is 10.5. The van der Waals surface area contributed by atoms with Crippen molar-refractivity contribution in [3.63, 3.8) is 0 Å². The molecule has 0 unspecified atom stereocenters. The molecule has 0 bridgehead atoms. The van der Waals surface area contributed by atoms with Crippen molar-refractivity contribution in [2.45, 2.75) is 51.0 Å². The third-order valence-corrected chi connectivity index (χ3v) is 3.67. The van der Waals surface area contributed by atoms with Crippen LogP contribution in [0.5, 0.6) is 0 Å². The highest BCUT2D eigenvalue weighted by atomic mass is 16.1. The first kappa shape index (κ1) is 10.9. The molecule has 1 saturated carbocycles. The summed E-state index contributed by atoms with van der Waals surface area (Å²) >= 11 is 0. The molecule has 3 heteroatoms. The van der Waals surface area contributed by atoms with Gasteiger partial charge >= 0.3 is 0 Å². The van der Waals surface area contributed by atoms with Crippen molar-refractivity contribution in [2.75, 3.05) is 13.1 Å². The summed E-state index contributed by atoms with van der Waals surface area (Å²) in [5.74, 6) is 1.11. The standard InChI is InChI=1S/C12H22N2O/c15-12(7-6-10-3-1-4-10)14-11-5-2-8-13-9-11/h10-11,13H,1-9H2,(H,14,15)/t11-/m1/s1. The van der Waals surface area contributed by atoms with E-state index in [1.54, 1.807) is 0 Å². The highest BCUT2D eigenvalue weighted by Crippen LogP contribution is 2.30. The number of amides is 1. The van der Waals surface area contributed by atoms with Gasteiger partial charge in [-0.3, -0.25) is 4.79 Å². The minimum atomic E-state index is 0.260. The van der Waals surface area contributed by atoms with Crippen LogP contribution in [-0.4, -0.2) is 25.0 Å². The van der Waals surface area contributed by atoms with Gasteiger partial charge in [0, 0.05) is 19.0 Å². The van der Waals surface area contributed by atoms with Gasteiger partial charge in [-0.05, 0) is 31.7 Å². The van der Waals surface area contributed by atoms with E-state index >= 15 is 0 Å². The molecule has 1 amide bonds. The lowest BCUT2D eigenvalue weighted by Gasteiger charge is -2.26. The molecule has 0 radical (unpaired) electrons. The number of hydrogen-bond acceptors (Lipinski definition) is 2. The molecule has 1 atom stereocenters. The van der Waals surface area contributed by atoms with Crippen LogP contribution < -0.4 is 10.6 Å². The third-order valence-electron chi connectivity index (χ3n) is 3.67. The molecular weight excluding hydrogens is 188 g/mol. The Kier molecular flexibility index (Phi) is 4.01. The maximum Gasteiger partial charge on any atom is 0.220 e. The third kappa shape index (κ3) is 3.49. The Morgan fingerprint density at radius 1 is 1.27 bits per heavy atom. The summed E-state index contributed by atoms with van der Waals surface area (Å²) in [5.41, 5.74) is 0. The second-order valence-electron chi connectivity index (χ2n) is 4.95. The Labute approximate surface area is 92.0 Å². The van der Waals surface area contributed by atoms with Crippen molar-refractivity contribution in [3.8, 4) is 0 Å². The lowest BCUT2D eigenvalue weighted by atomic mass is 9.82. The van der Waals surface area contributed by atoms with Crippen molar-refractivity contribution in [3.05, 3.63) is 0 Å². The SMILES string of the molecule is O=C(CCC1CCC1)N[C@@H]1CCCNC1. The fourth-order valence-electron chi connectivity index (χ4n) is 2.39. The molecule has 0 aromatic heterocycles. The van der Waals surface area contributed by atoms with E-state index in [1.165, 1.54) is 25.7 Å². The highest BCUT2D eigenvalue weighted by molar-refractivity contribution is 5.76. The van der Waals surface area contributed by atoms with Gasteiger partial charge in [0.2, 0.25) is 5.91 Å². The summed E-state index contributed by atoms with van der Waals surface area (Å²) < 4.78 is 0. The molecule has 0 aromatic rings. The van der Waals surface area contributed by atoms with Crippen LogP contribution in [0.25, 0.3) is 0 Å². The van der Waals surface area contributed by atoms with Crippen LogP contribution in [0.1, 0.15) is 44.9 Å². The van der Waals surface area contributed by atoms with E-state index in [0.29, 0.717) is 6.04 Å². The summed E-state index contributed by atoms with van der Waals surface area (Å²) in [6.07, 6.45) is 8.23. The smallest absolute Gasteiger partial charge is 0.220 e. The maximum absolute atomic E-state index is 11.6. The van der Waals surface area contributed by atoms with Gasteiger partial charge in [-0.15, -0.1) is 0 Å². The molecule has 2 rings (SSSR count). The quantitative estimate of drug-likeness (QED) is 0.737. The molecule has 0 aromatic carbocycles. The van der Waals surface area contributed by atoms with Gasteiger partial charge in [0.25, 0.3) is 0 Å². The molecule has 15 heavy (non-hydrogen) atoms. The molecule has 1 saturated heterocycles. The topological polar surface area (TPSA) is 41.1 Å². The Bertz CT molecular complexity index is 208. The minimum Gasteiger partial charge on any atom is -0.352 e. The number of carbonyl (C=O) groups is 1. The van der Waals surface area contributed by atoms with E-state index in [9.17, 15) is 4.79 Å². The Morgan fingerprint density at radius 2 is 2.13 bits per heavy atom. The van der Waals surface area contributed by atoms with E-state index in [4.69, 9.17) is 0 Å². The zero-order valence-corrected chi connectivity index (χ0v) is 9.43. The molecule has 0 spiro atoms. The zero-order valence-electron chi connectivity index (χ0n) is 9.43. The monoisotopic (exact) mass is 210 g/mol. The molecule has 2 N–H and O–H groups in total. The average molecular weight is 210 g/mol. The summed E-state index contributed by atoms with van der Waals surface area (Å²) in [5, 5.41) is 6.43. The first-order chi connectivity index (χ1) is 7.34. The molecule has 3 nitrogen and oxygen atoms in total. The largest absolute Gasteiger partial charge is 0.352 e. The number of hydrogen-bond donors (Lipinski definition) is 2. The Balaban J connectivity index is 1.58. The second-order valence-corrected chi connectivity index (χ2v) is 4.95. The summed E-state index contributed by atoms with van der Waals surface area (Å²) in [6, 6.07) is 0.382. The molecule has 1 aliphatic heterocycles. The van der Waals surface area contributed by atoms with E-state index in [-0.39, 0.29) is 5.91 Å². The molecule has 2 fully saturated rings. The summed E-state index contributed by atoms with van der Waals surface area (Å²) in [4.78, 5) is 11.6. The lowest BCUT2D eigenvalue weighted by molar-refractivity contribution is -0.122. The molecule has 1 aliphatic carbocycles. The average Bonchev–Trinajstić information content (AvgIpc) is 2.17. The summed E-state index contributed by atoms with van der Waals surface area (Å²) in [7, 11) is 0. The van der Waals surface area contributed by atoms with Crippen LogP contribution in [-0.2, 0) is 4.79 Å². The van der Waals surface area contributed by atoms with Crippen molar-refractivity contribution >= 4 is 5.91 Å². The normalized spacial score (nSPS) is 27.1. The van der Waals surface area contributed by atoms with Crippen molar-refractivity contribution < 1.29 is 4.79 Å². The fraction of sp³-hybridized carbons (Fsp3) is 0.917. The first-order valence-electron chi connectivity index (χ1n) is 6.34. The maximum atomic E-state index is 11.6. The van der Waals surface area contributed by atoms with Gasteiger partial charge in [0.15, 0.2) is 0 Å². The second kappa shape index (κ2) is 5.50. The molecule has 86 valence electrons. The van der Waals surface area contributed by atoms with Crippen LogP contribution in [0.4, 0.5) is 0 Å². The number of rotatable bonds is 4. The van der Waals surface area contributed by atoms with Crippen LogP contribution in [0.3, 0.4) is 0 Å². The van der Waals surface area contributed by atoms with Gasteiger partial charge in [0.05, 0.1) is 0 Å². The molecule has 2 aliphatic rings. The van der Waals surface area contributed by atoms with Gasteiger partial charge in [0.1, 0.15) is 0 Å². The molecular formula is C12H22N2O. The van der Waals surface area contributed by atoms with Crippen molar-refractivity contribution in [1.29, 1.82) is 0 Å². The van der Waals surface area contributed by atoms with E-state index in [0.717, 1.165) is 38.3 Å². The first-order valence-corrected chi connectivity index (χ1v) is 6.34. The van der Waals surface area contributed by atoms with Gasteiger partial charge in [-0.2, -0.15) is 0 Å². The van der Waals surface area contributed by atoms with Gasteiger partial charge < -0.3 is 10.6 Å². The Hall–Kier alpha value is -0.570. The number of carbonyl (C=O) groups excluding carboxylic acids is 1. The minimum absolute atomic E-state index is 0.260. The van der Waals surface area contributed by atoms with Crippen LogP contribution in [0, 0.1) is 5.92 Å². The number of nitrogens with one attached hydrogen (secondary N) is 2. The highest BCUT2D eigenvalue weighted by Gasteiger charge is 2.19. The van der Waals surface area contributed by atoms with E-state index < -0.39 is 0 Å². The van der Waals surface area contributed by atoms with Gasteiger partial charge in [-0.1, -0.05) is 19.3 Å². The predicted octanol–water partition coefficient (Wildman–Crippen LogP) is 1.43. The predicted molar refractivity (Wildman–Crippen MR) is 60.6 cm³/mol. The van der Waals surface area contributed by atoms with Crippen molar-refractivity contribution in [2.24, 2.45) is 5.92 Å². The summed E-state index contributed by atoms with van der Waals surface area (Å²) in [6.45, 7) is 2.06. The van der Waals surface area contributed by atoms with E-state index in [2.05, 4.69) is 10.6 Å².